The minimum atomic E-state index is -0.0179. The zero-order valence-electron chi connectivity index (χ0n) is 26.1. The molecule has 0 saturated carbocycles. The SMILES string of the molecule is C=Cc1ccc(/C(C=NC(C)CC)=C/C)cc1N=C(C)NC(=O)CN(CCCC)CCC(C)C(C)C.CC. The van der Waals surface area contributed by atoms with Crippen molar-refractivity contribution in [2.75, 3.05) is 19.6 Å². The van der Waals surface area contributed by atoms with Crippen LogP contribution in [0.2, 0.25) is 0 Å². The fourth-order valence-corrected chi connectivity index (χ4v) is 3.65. The third-order valence-electron chi connectivity index (χ3n) is 6.80. The molecule has 0 spiro atoms. The van der Waals surface area contributed by atoms with Crippen molar-refractivity contribution in [3.8, 4) is 0 Å². The summed E-state index contributed by atoms with van der Waals surface area (Å²) in [5.74, 6) is 1.86. The number of allylic oxidation sites excluding steroid dienone is 2. The minimum Gasteiger partial charge on any atom is -0.313 e. The number of hydrogen-bond acceptors (Lipinski definition) is 4. The van der Waals surface area contributed by atoms with Crippen LogP contribution in [0.15, 0.2) is 40.8 Å². The van der Waals surface area contributed by atoms with Crippen LogP contribution in [0.3, 0.4) is 0 Å². The average molecular weight is 525 g/mol. The van der Waals surface area contributed by atoms with E-state index in [0.29, 0.717) is 24.2 Å². The molecule has 0 aliphatic rings. The van der Waals surface area contributed by atoms with E-state index in [1.807, 2.05) is 46.0 Å². The Kier molecular flexibility index (Phi) is 19.1. The Hall–Kier alpha value is -2.53. The summed E-state index contributed by atoms with van der Waals surface area (Å²) in [6, 6.07) is 6.39. The molecule has 1 N–H and O–H groups in total. The molecule has 5 heteroatoms. The highest BCUT2D eigenvalue weighted by atomic mass is 16.2. The lowest BCUT2D eigenvalue weighted by Gasteiger charge is -2.24. The van der Waals surface area contributed by atoms with E-state index in [1.54, 1.807) is 6.08 Å². The van der Waals surface area contributed by atoms with Crippen molar-refractivity contribution < 1.29 is 4.79 Å². The number of rotatable bonds is 15. The molecule has 1 rings (SSSR count). The molecule has 0 aliphatic heterocycles. The maximum atomic E-state index is 12.9. The van der Waals surface area contributed by atoms with Crippen molar-refractivity contribution in [2.24, 2.45) is 21.8 Å². The van der Waals surface area contributed by atoms with Crippen LogP contribution in [0.25, 0.3) is 11.6 Å². The van der Waals surface area contributed by atoms with E-state index in [1.165, 1.54) is 0 Å². The lowest BCUT2D eigenvalue weighted by atomic mass is 9.94. The second-order valence-electron chi connectivity index (χ2n) is 10.1. The summed E-state index contributed by atoms with van der Waals surface area (Å²) in [5, 5.41) is 3.00. The van der Waals surface area contributed by atoms with E-state index in [-0.39, 0.29) is 11.9 Å². The molecule has 0 radical (unpaired) electrons. The number of hydrogen-bond donors (Lipinski definition) is 1. The number of carbonyl (C=O) groups excluding carboxylic acids is 1. The molecule has 5 nitrogen and oxygen atoms in total. The van der Waals surface area contributed by atoms with E-state index < -0.39 is 0 Å². The smallest absolute Gasteiger partial charge is 0.239 e. The molecule has 0 aliphatic carbocycles. The number of nitrogens with one attached hydrogen (secondary N) is 1. The maximum absolute atomic E-state index is 12.9. The molecule has 0 aromatic heterocycles. The first-order valence-corrected chi connectivity index (χ1v) is 14.7. The monoisotopic (exact) mass is 524 g/mol. The second kappa shape index (κ2) is 20.4. The first kappa shape index (κ1) is 35.5. The van der Waals surface area contributed by atoms with Gasteiger partial charge < -0.3 is 5.32 Å². The number of carbonyl (C=O) groups is 1. The van der Waals surface area contributed by atoms with Crippen molar-refractivity contribution in [2.45, 2.75) is 101 Å². The summed E-state index contributed by atoms with van der Waals surface area (Å²) in [4.78, 5) is 24.5. The van der Waals surface area contributed by atoms with Crippen molar-refractivity contribution >= 4 is 35.3 Å². The Morgan fingerprint density at radius 2 is 1.82 bits per heavy atom. The van der Waals surface area contributed by atoms with Crippen LogP contribution >= 0.6 is 0 Å². The van der Waals surface area contributed by atoms with Crippen molar-refractivity contribution in [1.29, 1.82) is 0 Å². The van der Waals surface area contributed by atoms with Crippen molar-refractivity contribution in [3.05, 3.63) is 42.0 Å². The maximum Gasteiger partial charge on any atom is 0.239 e. The Bertz CT molecular complexity index is 914. The fraction of sp³-hybridized carbons (Fsp3) is 0.606. The minimum absolute atomic E-state index is 0.0179. The summed E-state index contributed by atoms with van der Waals surface area (Å²) >= 11 is 0. The van der Waals surface area contributed by atoms with Gasteiger partial charge in [0.1, 0.15) is 5.84 Å². The Balaban J connectivity index is 0.00000667. The standard InChI is InChI=1S/C31H50N4O.C2H6/c1-10-14-18-35(19-17-24(7)23(5)6)22-31(36)34-26(9)33-30-20-29(16-15-27(30)12-3)28(13-4)21-32-25(8)11-2;1-2/h12-13,15-16,20-21,23-25H,3,10-11,14,17-19,22H2,1-2,4-9H3,(H,33,34,36);1-2H3/b28-13+,32-21?;. The first-order valence-electron chi connectivity index (χ1n) is 14.7. The van der Waals surface area contributed by atoms with Gasteiger partial charge in [0.25, 0.3) is 0 Å². The van der Waals surface area contributed by atoms with Gasteiger partial charge in [-0.2, -0.15) is 0 Å². The molecule has 1 amide bonds. The van der Waals surface area contributed by atoms with Crippen LogP contribution in [0.1, 0.15) is 106 Å². The lowest BCUT2D eigenvalue weighted by molar-refractivity contribution is -0.120. The van der Waals surface area contributed by atoms with Gasteiger partial charge in [-0.05, 0) is 87.7 Å². The zero-order chi connectivity index (χ0) is 29.1. The number of aliphatic imine (C=N–C) groups is 2. The van der Waals surface area contributed by atoms with Gasteiger partial charge >= 0.3 is 0 Å². The predicted octanol–water partition coefficient (Wildman–Crippen LogP) is 8.58. The molecule has 0 heterocycles. The van der Waals surface area contributed by atoms with Crippen LogP contribution in [0, 0.1) is 11.8 Å². The Morgan fingerprint density at radius 3 is 2.37 bits per heavy atom. The highest BCUT2D eigenvalue weighted by molar-refractivity contribution is 6.10. The van der Waals surface area contributed by atoms with Crippen molar-refractivity contribution in [3.63, 3.8) is 0 Å². The van der Waals surface area contributed by atoms with E-state index in [4.69, 9.17) is 4.99 Å². The largest absolute Gasteiger partial charge is 0.313 e. The Morgan fingerprint density at radius 1 is 1.13 bits per heavy atom. The number of unbranched alkanes of at least 4 members (excludes halogenated alkanes) is 1. The molecule has 38 heavy (non-hydrogen) atoms. The predicted molar refractivity (Wildman–Crippen MR) is 171 cm³/mol. The van der Waals surface area contributed by atoms with Gasteiger partial charge in [-0.25, -0.2) is 4.99 Å². The third kappa shape index (κ3) is 13.9. The molecule has 1 aromatic carbocycles. The average Bonchev–Trinajstić information content (AvgIpc) is 2.91. The van der Waals surface area contributed by atoms with Gasteiger partial charge in [0.15, 0.2) is 0 Å². The van der Waals surface area contributed by atoms with Crippen LogP contribution in [-0.4, -0.2) is 48.5 Å². The molecule has 0 saturated heterocycles. The van der Waals surface area contributed by atoms with E-state index in [0.717, 1.165) is 61.2 Å². The van der Waals surface area contributed by atoms with Gasteiger partial charge in [0, 0.05) is 12.3 Å². The molecule has 0 fully saturated rings. The molecular weight excluding hydrogens is 468 g/mol. The highest BCUT2D eigenvalue weighted by Gasteiger charge is 2.14. The summed E-state index contributed by atoms with van der Waals surface area (Å²) in [7, 11) is 0. The molecule has 2 atom stereocenters. The van der Waals surface area contributed by atoms with E-state index >= 15 is 0 Å². The Labute approximate surface area is 234 Å². The number of amides is 1. The number of benzene rings is 1. The molecular formula is C33H56N4O. The zero-order valence-corrected chi connectivity index (χ0v) is 26.1. The van der Waals surface area contributed by atoms with Crippen LogP contribution in [-0.2, 0) is 4.79 Å². The van der Waals surface area contributed by atoms with Gasteiger partial charge in [-0.15, -0.1) is 0 Å². The summed E-state index contributed by atoms with van der Waals surface area (Å²) < 4.78 is 0. The first-order chi connectivity index (χ1) is 18.1. The summed E-state index contributed by atoms with van der Waals surface area (Å²) in [6.07, 6.45) is 10.1. The molecule has 214 valence electrons. The summed E-state index contributed by atoms with van der Waals surface area (Å²) in [6.45, 7) is 27.3. The lowest BCUT2D eigenvalue weighted by Crippen LogP contribution is -2.40. The van der Waals surface area contributed by atoms with Gasteiger partial charge in [-0.3, -0.25) is 14.7 Å². The number of nitrogens with zero attached hydrogens (tertiary/aromatic N) is 3. The van der Waals surface area contributed by atoms with E-state index in [2.05, 4.69) is 75.5 Å². The second-order valence-corrected chi connectivity index (χ2v) is 10.1. The van der Waals surface area contributed by atoms with Gasteiger partial charge in [-0.1, -0.05) is 85.8 Å². The number of amidine groups is 1. The normalized spacial score (nSPS) is 13.9. The van der Waals surface area contributed by atoms with Crippen LogP contribution in [0.5, 0.6) is 0 Å². The van der Waals surface area contributed by atoms with Gasteiger partial charge in [0.05, 0.1) is 12.2 Å². The third-order valence-corrected chi connectivity index (χ3v) is 6.80. The van der Waals surface area contributed by atoms with Crippen LogP contribution in [0.4, 0.5) is 5.69 Å². The fourth-order valence-electron chi connectivity index (χ4n) is 3.65. The quantitative estimate of drug-likeness (QED) is 0.184. The molecule has 2 unspecified atom stereocenters. The molecule has 1 aromatic rings. The topological polar surface area (TPSA) is 57.1 Å². The van der Waals surface area contributed by atoms with Gasteiger partial charge in [0.2, 0.25) is 5.91 Å². The molecule has 0 bridgehead atoms. The van der Waals surface area contributed by atoms with Crippen molar-refractivity contribution in [1.82, 2.24) is 10.2 Å². The van der Waals surface area contributed by atoms with Crippen LogP contribution < -0.4 is 5.32 Å². The van der Waals surface area contributed by atoms with E-state index in [9.17, 15) is 4.79 Å². The summed E-state index contributed by atoms with van der Waals surface area (Å²) in [5.41, 5.74) is 3.79. The highest BCUT2D eigenvalue weighted by Crippen LogP contribution is 2.26.